The van der Waals surface area contributed by atoms with Crippen LogP contribution in [0.15, 0.2) is 9.98 Å². The number of ether oxygens (including phenoxy) is 2. The fraction of sp³-hybridized carbons (Fsp3) is 0.800. The molecule has 0 bridgehead atoms. The molecule has 0 spiro atoms. The maximum absolute atomic E-state index is 5.10. The molecule has 0 rings (SSSR count). The number of hydrogen-bond donors (Lipinski definition) is 0. The number of methoxy groups -OCH3 is 2. The summed E-state index contributed by atoms with van der Waals surface area (Å²) >= 11 is 0. The third-order valence-electron chi connectivity index (χ3n) is 3.40. The molecule has 0 aliphatic rings. The SMILES string of the molecule is [CH2-]C(C)=NC(COC)C(C)(C)C.[CH2-]C(C)=NC(COC)C(C)(C)C.[Cu+].[Li+]. The minimum Gasteiger partial charge on any atom is -0.382 e. The van der Waals surface area contributed by atoms with Crippen molar-refractivity contribution in [2.75, 3.05) is 27.4 Å². The van der Waals surface area contributed by atoms with Crippen molar-refractivity contribution in [2.45, 2.75) is 67.5 Å². The van der Waals surface area contributed by atoms with Crippen molar-refractivity contribution in [1.29, 1.82) is 0 Å². The predicted molar refractivity (Wildman–Crippen MR) is 107 cm³/mol. The van der Waals surface area contributed by atoms with Crippen LogP contribution in [0.25, 0.3) is 0 Å². The van der Waals surface area contributed by atoms with E-state index in [0.29, 0.717) is 13.2 Å². The molecular formula is C20H40CuLiN2O2. The van der Waals surface area contributed by atoms with Gasteiger partial charge in [-0.1, -0.05) is 55.4 Å². The van der Waals surface area contributed by atoms with E-state index in [2.05, 4.69) is 65.4 Å². The molecular weight excluding hydrogens is 371 g/mol. The van der Waals surface area contributed by atoms with Gasteiger partial charge in [0.2, 0.25) is 0 Å². The van der Waals surface area contributed by atoms with Crippen molar-refractivity contribution >= 4 is 11.4 Å². The van der Waals surface area contributed by atoms with E-state index in [-0.39, 0.29) is 58.8 Å². The minimum absolute atomic E-state index is 0. The van der Waals surface area contributed by atoms with Gasteiger partial charge >= 0.3 is 35.9 Å². The average Bonchev–Trinajstić information content (AvgIpc) is 2.35. The van der Waals surface area contributed by atoms with Crippen LogP contribution in [0.2, 0.25) is 0 Å². The van der Waals surface area contributed by atoms with E-state index in [9.17, 15) is 0 Å². The Morgan fingerprint density at radius 2 is 1.00 bits per heavy atom. The van der Waals surface area contributed by atoms with Gasteiger partial charge in [-0.05, 0) is 10.8 Å². The Bertz CT molecular complexity index is 354. The topological polar surface area (TPSA) is 43.2 Å². The van der Waals surface area contributed by atoms with E-state index in [1.54, 1.807) is 14.2 Å². The summed E-state index contributed by atoms with van der Waals surface area (Å²) in [6.07, 6.45) is 0. The zero-order valence-corrected chi connectivity index (χ0v) is 19.9. The van der Waals surface area contributed by atoms with E-state index in [1.807, 2.05) is 13.8 Å². The largest absolute Gasteiger partial charge is 1.00 e. The first kappa shape index (κ1) is 33.7. The van der Waals surface area contributed by atoms with E-state index in [4.69, 9.17) is 9.47 Å². The van der Waals surface area contributed by atoms with E-state index in [0.717, 1.165) is 11.4 Å². The molecule has 154 valence electrons. The van der Waals surface area contributed by atoms with Crippen LogP contribution in [0.1, 0.15) is 55.4 Å². The summed E-state index contributed by atoms with van der Waals surface area (Å²) in [4.78, 5) is 8.84. The summed E-state index contributed by atoms with van der Waals surface area (Å²) in [5.41, 5.74) is 2.03. The smallest absolute Gasteiger partial charge is 0.382 e. The first-order valence-corrected chi connectivity index (χ1v) is 8.46. The average molecular weight is 411 g/mol. The fourth-order valence-electron chi connectivity index (χ4n) is 1.81. The zero-order chi connectivity index (χ0) is 19.6. The van der Waals surface area contributed by atoms with Crippen molar-refractivity contribution in [3.05, 3.63) is 13.8 Å². The molecule has 4 nitrogen and oxygen atoms in total. The van der Waals surface area contributed by atoms with Crippen molar-refractivity contribution < 1.29 is 45.4 Å². The Morgan fingerprint density at radius 1 is 0.769 bits per heavy atom. The molecule has 0 N–H and O–H groups in total. The van der Waals surface area contributed by atoms with Gasteiger partial charge < -0.3 is 33.3 Å². The van der Waals surface area contributed by atoms with Crippen LogP contribution >= 0.6 is 0 Å². The fourth-order valence-corrected chi connectivity index (χ4v) is 1.81. The van der Waals surface area contributed by atoms with Crippen molar-refractivity contribution in [3.63, 3.8) is 0 Å². The summed E-state index contributed by atoms with van der Waals surface area (Å²) < 4.78 is 10.2. The maximum Gasteiger partial charge on any atom is 1.00 e. The normalized spacial score (nSPS) is 15.0. The Kier molecular flexibility index (Phi) is 20.9. The van der Waals surface area contributed by atoms with Crippen molar-refractivity contribution in [3.8, 4) is 0 Å². The summed E-state index contributed by atoms with van der Waals surface area (Å²) in [5, 5.41) is 0. The van der Waals surface area contributed by atoms with Gasteiger partial charge in [0.05, 0.1) is 25.3 Å². The molecule has 2 atom stereocenters. The summed E-state index contributed by atoms with van der Waals surface area (Å²) in [7, 11) is 3.40. The van der Waals surface area contributed by atoms with Crippen molar-refractivity contribution in [2.24, 2.45) is 20.8 Å². The monoisotopic (exact) mass is 410 g/mol. The van der Waals surface area contributed by atoms with Gasteiger partial charge in [-0.15, -0.1) is 11.4 Å². The first-order valence-electron chi connectivity index (χ1n) is 8.46. The molecule has 0 aliphatic carbocycles. The second-order valence-corrected chi connectivity index (χ2v) is 8.40. The predicted octanol–water partition coefficient (Wildman–Crippen LogP) is 1.69. The number of hydrogen-bond acceptors (Lipinski definition) is 4. The van der Waals surface area contributed by atoms with E-state index < -0.39 is 0 Å². The molecule has 0 aliphatic heterocycles. The molecule has 6 heteroatoms. The Balaban J connectivity index is -0.000000173. The van der Waals surface area contributed by atoms with Crippen LogP contribution in [0.4, 0.5) is 0 Å². The van der Waals surface area contributed by atoms with Crippen LogP contribution in [-0.4, -0.2) is 50.9 Å². The van der Waals surface area contributed by atoms with E-state index in [1.165, 1.54) is 0 Å². The second kappa shape index (κ2) is 16.1. The number of nitrogens with zero attached hydrogens (tertiary/aromatic N) is 2. The van der Waals surface area contributed by atoms with Gasteiger partial charge in [-0.3, -0.25) is 0 Å². The third kappa shape index (κ3) is 18.9. The maximum atomic E-state index is 5.10. The van der Waals surface area contributed by atoms with Crippen molar-refractivity contribution in [1.82, 2.24) is 0 Å². The molecule has 2 unspecified atom stereocenters. The van der Waals surface area contributed by atoms with Gasteiger partial charge in [-0.25, -0.2) is 0 Å². The summed E-state index contributed by atoms with van der Waals surface area (Å²) in [5.74, 6) is 0. The van der Waals surface area contributed by atoms with Gasteiger partial charge in [0.1, 0.15) is 0 Å². The van der Waals surface area contributed by atoms with Crippen LogP contribution in [0.5, 0.6) is 0 Å². The van der Waals surface area contributed by atoms with Gasteiger partial charge in [-0.2, -0.15) is 0 Å². The molecule has 0 aromatic rings. The van der Waals surface area contributed by atoms with Crippen LogP contribution < -0.4 is 18.9 Å². The molecule has 0 saturated heterocycles. The molecule has 26 heavy (non-hydrogen) atoms. The number of rotatable bonds is 6. The summed E-state index contributed by atoms with van der Waals surface area (Å²) in [6, 6.07) is 0.417. The minimum atomic E-state index is 0. The Morgan fingerprint density at radius 3 is 1.12 bits per heavy atom. The first-order chi connectivity index (χ1) is 10.8. The van der Waals surface area contributed by atoms with Gasteiger partial charge in [0.25, 0.3) is 0 Å². The quantitative estimate of drug-likeness (QED) is 0.380. The van der Waals surface area contributed by atoms with Gasteiger partial charge in [0.15, 0.2) is 0 Å². The molecule has 0 aromatic heterocycles. The Hall–Kier alpha value is 0.117. The van der Waals surface area contributed by atoms with Gasteiger partial charge in [0, 0.05) is 14.2 Å². The van der Waals surface area contributed by atoms with Crippen LogP contribution in [0.3, 0.4) is 0 Å². The molecule has 0 amide bonds. The number of aliphatic imine (C=N–C) groups is 2. The third-order valence-corrected chi connectivity index (χ3v) is 3.40. The van der Waals surface area contributed by atoms with Crippen LogP contribution in [0, 0.1) is 24.7 Å². The van der Waals surface area contributed by atoms with E-state index >= 15 is 0 Å². The summed E-state index contributed by atoms with van der Waals surface area (Å²) in [6.45, 7) is 25.6. The molecule has 0 heterocycles. The van der Waals surface area contributed by atoms with Crippen LogP contribution in [-0.2, 0) is 26.5 Å². The second-order valence-electron chi connectivity index (χ2n) is 8.40. The standard InChI is InChI=1S/2C10H20NO.Cu.Li/c2*1-8(2)11-9(7-12-6)10(3,4)5;;/h2*9H,1,7H2,2-6H3;;/q2*-1;2*+1. The molecule has 0 fully saturated rings. The molecule has 0 aromatic carbocycles. The zero-order valence-electron chi connectivity index (χ0n) is 19.0. The molecule has 0 saturated carbocycles. The molecule has 0 radical (unpaired) electrons. The Labute approximate surface area is 186 Å².